The highest BCUT2D eigenvalue weighted by Gasteiger charge is 2.27. The van der Waals surface area contributed by atoms with Crippen LogP contribution in [0.5, 0.6) is 0 Å². The summed E-state index contributed by atoms with van der Waals surface area (Å²) in [6, 6.07) is -0.431. The number of hydrogen-bond donors (Lipinski definition) is 4. The van der Waals surface area contributed by atoms with Gasteiger partial charge in [0.2, 0.25) is 0 Å². The van der Waals surface area contributed by atoms with Crippen molar-refractivity contribution in [2.75, 3.05) is 65.7 Å². The number of rotatable bonds is 27. The molecule has 0 saturated heterocycles. The highest BCUT2D eigenvalue weighted by Crippen LogP contribution is 2.15. The van der Waals surface area contributed by atoms with Crippen molar-refractivity contribution in [1.29, 1.82) is 0 Å². The summed E-state index contributed by atoms with van der Waals surface area (Å²) in [5.41, 5.74) is -0.255. The van der Waals surface area contributed by atoms with Gasteiger partial charge in [0, 0.05) is 48.4 Å². The summed E-state index contributed by atoms with van der Waals surface area (Å²) in [5.74, 6) is -0.955. The Morgan fingerprint density at radius 1 is 0.446 bits per heavy atom. The molecule has 4 N–H and O–H groups in total. The van der Waals surface area contributed by atoms with E-state index in [1.54, 1.807) is 23.6 Å². The number of ether oxygens (including phenoxy) is 4. The average Bonchev–Trinajstić information content (AvgIpc) is 3.10. The van der Waals surface area contributed by atoms with Crippen LogP contribution < -0.4 is 21.3 Å². The van der Waals surface area contributed by atoms with E-state index >= 15 is 0 Å². The standard InChI is InChI=1S/C40H72N6O10/c1-31(2)33(47)53-29-25-45(39(5,6)7)35(49)41-21-15-11-13-17-23-43-37(51)55-27-19-20-28-56-38(52)44-24-18-14-12-16-22-42-36(50)46(40(8,9)10)26-30-54-34(48)32(3)4/h1,3,11-30H2,2,4-10H3,(H,41,49)(H,42,50)(H,43,51)(H,44,52). The van der Waals surface area contributed by atoms with Gasteiger partial charge in [0.15, 0.2) is 0 Å². The Morgan fingerprint density at radius 3 is 1.04 bits per heavy atom. The molecule has 0 aromatic rings. The first kappa shape index (κ1) is 51.5. The molecular formula is C40H72N6O10. The average molecular weight is 797 g/mol. The smallest absolute Gasteiger partial charge is 0.407 e. The summed E-state index contributed by atoms with van der Waals surface area (Å²) >= 11 is 0. The van der Waals surface area contributed by atoms with Crippen LogP contribution in [-0.2, 0) is 28.5 Å². The van der Waals surface area contributed by atoms with Gasteiger partial charge >= 0.3 is 36.2 Å². The van der Waals surface area contributed by atoms with Gasteiger partial charge in [-0.15, -0.1) is 0 Å². The molecule has 0 aliphatic heterocycles. The van der Waals surface area contributed by atoms with Crippen molar-refractivity contribution in [1.82, 2.24) is 31.1 Å². The zero-order valence-corrected chi connectivity index (χ0v) is 35.5. The molecule has 0 aliphatic carbocycles. The minimum atomic E-state index is -0.486. The van der Waals surface area contributed by atoms with Gasteiger partial charge in [-0.05, 0) is 93.9 Å². The lowest BCUT2D eigenvalue weighted by molar-refractivity contribution is -0.140. The first-order valence-corrected chi connectivity index (χ1v) is 19.8. The van der Waals surface area contributed by atoms with Crippen LogP contribution in [0.1, 0.15) is 120 Å². The molecule has 0 saturated carbocycles. The van der Waals surface area contributed by atoms with E-state index in [0.717, 1.165) is 51.4 Å². The highest BCUT2D eigenvalue weighted by molar-refractivity contribution is 5.87. The number of hydrogen-bond acceptors (Lipinski definition) is 10. The summed E-state index contributed by atoms with van der Waals surface area (Å²) < 4.78 is 20.6. The monoisotopic (exact) mass is 797 g/mol. The van der Waals surface area contributed by atoms with Gasteiger partial charge in [-0.2, -0.15) is 0 Å². The van der Waals surface area contributed by atoms with E-state index in [1.165, 1.54) is 0 Å². The maximum Gasteiger partial charge on any atom is 0.407 e. The molecule has 0 radical (unpaired) electrons. The van der Waals surface area contributed by atoms with Crippen LogP contribution in [0.15, 0.2) is 24.3 Å². The fourth-order valence-electron chi connectivity index (χ4n) is 4.99. The second-order valence-corrected chi connectivity index (χ2v) is 15.6. The van der Waals surface area contributed by atoms with Crippen molar-refractivity contribution < 1.29 is 47.7 Å². The molecule has 6 amide bonds. The summed E-state index contributed by atoms with van der Waals surface area (Å²) in [6.07, 6.45) is 6.82. The molecule has 0 rings (SSSR count). The van der Waals surface area contributed by atoms with Gasteiger partial charge in [0.05, 0.1) is 26.3 Å². The third-order valence-corrected chi connectivity index (χ3v) is 8.21. The quantitative estimate of drug-likeness (QED) is 0.0322. The van der Waals surface area contributed by atoms with Crippen molar-refractivity contribution in [3.8, 4) is 0 Å². The van der Waals surface area contributed by atoms with Crippen LogP contribution in [0.25, 0.3) is 0 Å². The summed E-state index contributed by atoms with van der Waals surface area (Å²) in [4.78, 5) is 75.8. The van der Waals surface area contributed by atoms with Crippen molar-refractivity contribution in [3.63, 3.8) is 0 Å². The van der Waals surface area contributed by atoms with E-state index in [2.05, 4.69) is 34.4 Å². The third kappa shape index (κ3) is 26.3. The van der Waals surface area contributed by atoms with E-state index in [-0.39, 0.29) is 51.6 Å². The lowest BCUT2D eigenvalue weighted by Gasteiger charge is -2.35. The maximum absolute atomic E-state index is 12.7. The van der Waals surface area contributed by atoms with E-state index in [0.29, 0.717) is 50.2 Å². The predicted molar refractivity (Wildman–Crippen MR) is 216 cm³/mol. The van der Waals surface area contributed by atoms with Crippen LogP contribution in [-0.4, -0.2) is 123 Å². The van der Waals surface area contributed by atoms with Gasteiger partial charge in [-0.3, -0.25) is 0 Å². The Balaban J connectivity index is 3.84. The van der Waals surface area contributed by atoms with Crippen LogP contribution in [0.3, 0.4) is 0 Å². The fraction of sp³-hybridized carbons (Fsp3) is 0.750. The number of unbranched alkanes of at least 4 members (excludes halogenated alkanes) is 7. The van der Waals surface area contributed by atoms with Gasteiger partial charge in [0.1, 0.15) is 13.2 Å². The number of nitrogens with zero attached hydrogens (tertiary/aromatic N) is 2. The van der Waals surface area contributed by atoms with Crippen LogP contribution in [0, 0.1) is 0 Å². The topological polar surface area (TPSA) is 194 Å². The lowest BCUT2D eigenvalue weighted by atomic mass is 10.1. The van der Waals surface area contributed by atoms with E-state index < -0.39 is 35.2 Å². The molecular weight excluding hydrogens is 724 g/mol. The third-order valence-electron chi connectivity index (χ3n) is 8.21. The maximum atomic E-state index is 12.7. The first-order valence-electron chi connectivity index (χ1n) is 19.8. The molecule has 0 fully saturated rings. The highest BCUT2D eigenvalue weighted by atomic mass is 16.6. The summed E-state index contributed by atoms with van der Waals surface area (Å²) in [5, 5.41) is 11.3. The molecule has 0 aromatic carbocycles. The molecule has 0 bridgehead atoms. The molecule has 0 atom stereocenters. The normalized spacial score (nSPS) is 11.1. The molecule has 322 valence electrons. The van der Waals surface area contributed by atoms with Crippen LogP contribution >= 0.6 is 0 Å². The second kappa shape index (κ2) is 28.8. The molecule has 0 spiro atoms. The SMILES string of the molecule is C=C(C)C(=O)OCCN(C(=O)NCCCCCCNC(=O)OCCCCOC(=O)NCCCCCCNC(=O)N(CCOC(=O)C(=C)C)C(C)(C)C)C(C)(C)C. The van der Waals surface area contributed by atoms with Crippen molar-refractivity contribution in [3.05, 3.63) is 24.3 Å². The van der Waals surface area contributed by atoms with Gasteiger partial charge in [-0.1, -0.05) is 38.8 Å². The van der Waals surface area contributed by atoms with Crippen molar-refractivity contribution in [2.24, 2.45) is 0 Å². The lowest BCUT2D eigenvalue weighted by Crippen LogP contribution is -2.52. The zero-order valence-electron chi connectivity index (χ0n) is 35.5. The molecule has 56 heavy (non-hydrogen) atoms. The molecule has 0 unspecified atom stereocenters. The number of urea groups is 2. The van der Waals surface area contributed by atoms with E-state index in [1.807, 2.05) is 41.5 Å². The van der Waals surface area contributed by atoms with Gasteiger partial charge < -0.3 is 50.0 Å². The first-order chi connectivity index (χ1) is 26.3. The molecule has 16 heteroatoms. The second-order valence-electron chi connectivity index (χ2n) is 15.6. The number of carbonyl (C=O) groups is 6. The van der Waals surface area contributed by atoms with Crippen molar-refractivity contribution in [2.45, 2.75) is 131 Å². The zero-order chi connectivity index (χ0) is 42.6. The number of alkyl carbamates (subject to hydrolysis) is 2. The minimum Gasteiger partial charge on any atom is -0.460 e. The van der Waals surface area contributed by atoms with E-state index in [9.17, 15) is 28.8 Å². The summed E-state index contributed by atoms with van der Waals surface area (Å²) in [7, 11) is 0. The van der Waals surface area contributed by atoms with Gasteiger partial charge in [0.25, 0.3) is 0 Å². The van der Waals surface area contributed by atoms with Crippen LogP contribution in [0.4, 0.5) is 19.2 Å². The Bertz CT molecular complexity index is 1150. The predicted octanol–water partition coefficient (Wildman–Crippen LogP) is 6.20. The molecule has 16 nitrogen and oxygen atoms in total. The largest absolute Gasteiger partial charge is 0.460 e. The number of amides is 6. The Labute approximate surface area is 335 Å². The van der Waals surface area contributed by atoms with E-state index in [4.69, 9.17) is 18.9 Å². The minimum absolute atomic E-state index is 0.0926. The molecule has 0 aromatic heterocycles. The Kier molecular flexibility index (Phi) is 26.5. The van der Waals surface area contributed by atoms with Crippen LogP contribution in [0.2, 0.25) is 0 Å². The Morgan fingerprint density at radius 2 is 0.750 bits per heavy atom. The molecule has 0 aliphatic rings. The summed E-state index contributed by atoms with van der Waals surface area (Å²) in [6.45, 7) is 25.0. The fourth-order valence-corrected chi connectivity index (χ4v) is 4.99. The number of carbonyl (C=O) groups excluding carboxylic acids is 6. The van der Waals surface area contributed by atoms with Crippen molar-refractivity contribution >= 4 is 36.2 Å². The number of nitrogens with one attached hydrogen (secondary N) is 4. The number of esters is 2. The Hall–Kier alpha value is -4.50. The van der Waals surface area contributed by atoms with Gasteiger partial charge in [-0.25, -0.2) is 28.8 Å². The molecule has 0 heterocycles.